The molecule has 3 rings (SSSR count). The van der Waals surface area contributed by atoms with E-state index in [9.17, 15) is 0 Å². The normalized spacial score (nSPS) is 16.2. The summed E-state index contributed by atoms with van der Waals surface area (Å²) >= 11 is 0. The van der Waals surface area contributed by atoms with Crippen molar-refractivity contribution in [3.63, 3.8) is 0 Å². The molecule has 0 saturated carbocycles. The van der Waals surface area contributed by atoms with Crippen molar-refractivity contribution in [1.82, 2.24) is 4.98 Å². The van der Waals surface area contributed by atoms with Crippen LogP contribution in [0.1, 0.15) is 18.6 Å². The fraction of sp³-hybridized carbons (Fsp3) is 0.154. The number of nitrogens with two attached hydrogens (primary N) is 1. The van der Waals surface area contributed by atoms with Crippen LogP contribution < -0.4 is 10.5 Å². The number of aromatic nitrogens is 1. The summed E-state index contributed by atoms with van der Waals surface area (Å²) < 4.78 is 5.82. The number of anilines is 1. The van der Waals surface area contributed by atoms with Crippen LogP contribution in [0.15, 0.2) is 36.7 Å². The molecule has 2 aromatic rings. The van der Waals surface area contributed by atoms with Crippen LogP contribution in [0.2, 0.25) is 0 Å². The number of rotatable bonds is 0. The zero-order valence-electron chi connectivity index (χ0n) is 9.38. The number of pyridine rings is 1. The molecule has 88 valence electrons. The summed E-state index contributed by atoms with van der Waals surface area (Å²) in [6.07, 6.45) is 3.69. The molecule has 1 aliphatic rings. The SMILES string of the molecule is CC1Oc2cc(N)ccc2-c2ccncc21.Cl. The summed E-state index contributed by atoms with van der Waals surface area (Å²) in [6.45, 7) is 2.02. The van der Waals surface area contributed by atoms with Gasteiger partial charge in [0, 0.05) is 35.3 Å². The van der Waals surface area contributed by atoms with Crippen molar-refractivity contribution in [2.45, 2.75) is 13.0 Å². The van der Waals surface area contributed by atoms with E-state index in [4.69, 9.17) is 10.5 Å². The summed E-state index contributed by atoms with van der Waals surface area (Å²) in [5, 5.41) is 0. The predicted octanol–water partition coefficient (Wildman–Crippen LogP) is 3.21. The van der Waals surface area contributed by atoms with E-state index in [0.717, 1.165) is 22.6 Å². The molecule has 0 bridgehead atoms. The van der Waals surface area contributed by atoms with Gasteiger partial charge in [-0.05, 0) is 30.7 Å². The molecule has 17 heavy (non-hydrogen) atoms. The monoisotopic (exact) mass is 248 g/mol. The van der Waals surface area contributed by atoms with Crippen molar-refractivity contribution >= 4 is 18.1 Å². The van der Waals surface area contributed by atoms with Crippen LogP contribution in [-0.2, 0) is 0 Å². The Balaban J connectivity index is 0.00000108. The molecule has 2 heterocycles. The number of benzene rings is 1. The number of ether oxygens (including phenoxy) is 1. The van der Waals surface area contributed by atoms with Gasteiger partial charge in [0.15, 0.2) is 0 Å². The van der Waals surface area contributed by atoms with E-state index in [1.165, 1.54) is 5.56 Å². The second-order valence-corrected chi connectivity index (χ2v) is 3.98. The van der Waals surface area contributed by atoms with Crippen molar-refractivity contribution in [1.29, 1.82) is 0 Å². The van der Waals surface area contributed by atoms with Gasteiger partial charge in [0.1, 0.15) is 11.9 Å². The first-order chi connectivity index (χ1) is 7.75. The Morgan fingerprint density at radius 3 is 2.88 bits per heavy atom. The van der Waals surface area contributed by atoms with Crippen LogP contribution in [0.25, 0.3) is 11.1 Å². The molecular weight excluding hydrogens is 236 g/mol. The molecule has 3 nitrogen and oxygen atoms in total. The Labute approximate surface area is 106 Å². The molecule has 1 unspecified atom stereocenters. The van der Waals surface area contributed by atoms with Gasteiger partial charge in [0.25, 0.3) is 0 Å². The van der Waals surface area contributed by atoms with Crippen LogP contribution in [-0.4, -0.2) is 4.98 Å². The molecule has 4 heteroatoms. The molecule has 1 aromatic heterocycles. The molecule has 0 aliphatic carbocycles. The Hall–Kier alpha value is -1.74. The predicted molar refractivity (Wildman–Crippen MR) is 70.4 cm³/mol. The van der Waals surface area contributed by atoms with Crippen LogP contribution in [0.4, 0.5) is 5.69 Å². The molecule has 0 amide bonds. The van der Waals surface area contributed by atoms with E-state index in [-0.39, 0.29) is 18.5 Å². The van der Waals surface area contributed by atoms with Gasteiger partial charge in [-0.15, -0.1) is 12.4 Å². The highest BCUT2D eigenvalue weighted by atomic mass is 35.5. The summed E-state index contributed by atoms with van der Waals surface area (Å²) in [5.74, 6) is 0.853. The van der Waals surface area contributed by atoms with E-state index in [2.05, 4.69) is 4.98 Å². The van der Waals surface area contributed by atoms with Crippen molar-refractivity contribution in [2.24, 2.45) is 0 Å². The third kappa shape index (κ3) is 1.83. The summed E-state index contributed by atoms with van der Waals surface area (Å²) in [6, 6.07) is 7.77. The average molecular weight is 249 g/mol. The number of halogens is 1. The van der Waals surface area contributed by atoms with Gasteiger partial charge in [-0.2, -0.15) is 0 Å². The van der Waals surface area contributed by atoms with Gasteiger partial charge in [0.2, 0.25) is 0 Å². The lowest BCUT2D eigenvalue weighted by atomic mass is 9.95. The molecule has 1 aromatic carbocycles. The van der Waals surface area contributed by atoms with Crippen molar-refractivity contribution < 1.29 is 4.74 Å². The van der Waals surface area contributed by atoms with E-state index in [1.807, 2.05) is 37.4 Å². The maximum Gasteiger partial charge on any atom is 0.130 e. The van der Waals surface area contributed by atoms with Gasteiger partial charge in [-0.1, -0.05) is 0 Å². The summed E-state index contributed by atoms with van der Waals surface area (Å²) in [7, 11) is 0. The van der Waals surface area contributed by atoms with Gasteiger partial charge < -0.3 is 10.5 Å². The van der Waals surface area contributed by atoms with Crippen LogP contribution in [0, 0.1) is 0 Å². The van der Waals surface area contributed by atoms with Crippen LogP contribution >= 0.6 is 12.4 Å². The lowest BCUT2D eigenvalue weighted by molar-refractivity contribution is 0.223. The quantitative estimate of drug-likeness (QED) is 0.729. The largest absolute Gasteiger partial charge is 0.485 e. The number of fused-ring (bicyclic) bond motifs is 3. The van der Waals surface area contributed by atoms with Crippen LogP contribution in [0.5, 0.6) is 5.75 Å². The minimum atomic E-state index is 0. The fourth-order valence-corrected chi connectivity index (χ4v) is 2.09. The zero-order valence-corrected chi connectivity index (χ0v) is 10.2. The topological polar surface area (TPSA) is 48.1 Å². The second kappa shape index (κ2) is 4.26. The maximum atomic E-state index is 5.82. The summed E-state index contributed by atoms with van der Waals surface area (Å²) in [5.41, 5.74) is 9.88. The average Bonchev–Trinajstić information content (AvgIpc) is 2.29. The number of nitrogens with zero attached hydrogens (tertiary/aromatic N) is 1. The zero-order chi connectivity index (χ0) is 11.1. The van der Waals surface area contributed by atoms with Crippen molar-refractivity contribution in [3.8, 4) is 16.9 Å². The first-order valence-corrected chi connectivity index (χ1v) is 5.26. The molecule has 2 N–H and O–H groups in total. The molecule has 0 radical (unpaired) electrons. The second-order valence-electron chi connectivity index (χ2n) is 3.98. The highest BCUT2D eigenvalue weighted by molar-refractivity contribution is 5.85. The first-order valence-electron chi connectivity index (χ1n) is 5.26. The van der Waals surface area contributed by atoms with Crippen LogP contribution in [0.3, 0.4) is 0 Å². The molecular formula is C13H13ClN2O. The maximum absolute atomic E-state index is 5.82. The highest BCUT2D eigenvalue weighted by Gasteiger charge is 2.22. The van der Waals surface area contributed by atoms with E-state index >= 15 is 0 Å². The Bertz CT molecular complexity index is 557. The number of hydrogen-bond donors (Lipinski definition) is 1. The van der Waals surface area contributed by atoms with Crippen molar-refractivity contribution in [3.05, 3.63) is 42.2 Å². The van der Waals surface area contributed by atoms with E-state index in [0.29, 0.717) is 0 Å². The Morgan fingerprint density at radius 2 is 2.06 bits per heavy atom. The van der Waals surface area contributed by atoms with Crippen molar-refractivity contribution in [2.75, 3.05) is 5.73 Å². The fourth-order valence-electron chi connectivity index (χ4n) is 2.09. The minimum Gasteiger partial charge on any atom is -0.485 e. The molecule has 1 aliphatic heterocycles. The Kier molecular flexibility index (Phi) is 2.94. The standard InChI is InChI=1S/C13H12N2O.ClH/c1-8-12-7-15-5-4-10(12)11-3-2-9(14)6-13(11)16-8;/h2-8H,14H2,1H3;1H. The van der Waals surface area contributed by atoms with Gasteiger partial charge in [0.05, 0.1) is 0 Å². The minimum absolute atomic E-state index is 0. The third-order valence-corrected chi connectivity index (χ3v) is 2.89. The first kappa shape index (κ1) is 11.7. The smallest absolute Gasteiger partial charge is 0.130 e. The molecule has 1 atom stereocenters. The van der Waals surface area contributed by atoms with E-state index < -0.39 is 0 Å². The summed E-state index contributed by atoms with van der Waals surface area (Å²) in [4.78, 5) is 4.13. The molecule has 0 saturated heterocycles. The molecule has 0 spiro atoms. The lowest BCUT2D eigenvalue weighted by Gasteiger charge is -2.26. The third-order valence-electron chi connectivity index (χ3n) is 2.89. The van der Waals surface area contributed by atoms with Gasteiger partial charge in [-0.25, -0.2) is 0 Å². The highest BCUT2D eigenvalue weighted by Crippen LogP contribution is 2.42. The van der Waals surface area contributed by atoms with E-state index in [1.54, 1.807) is 6.20 Å². The lowest BCUT2D eigenvalue weighted by Crippen LogP contribution is -2.11. The molecule has 0 fully saturated rings. The number of nitrogen functional groups attached to an aromatic ring is 1. The van der Waals surface area contributed by atoms with Gasteiger partial charge >= 0.3 is 0 Å². The van der Waals surface area contributed by atoms with Gasteiger partial charge in [-0.3, -0.25) is 4.98 Å². The number of hydrogen-bond acceptors (Lipinski definition) is 3. The Morgan fingerprint density at radius 1 is 1.24 bits per heavy atom.